The third-order valence-electron chi connectivity index (χ3n) is 2.07. The maximum atomic E-state index is 5.87. The van der Waals surface area contributed by atoms with Crippen LogP contribution >= 0.6 is 15.9 Å². The molecule has 0 aliphatic heterocycles. The molecule has 0 fully saturated rings. The highest BCUT2D eigenvalue weighted by Gasteiger charge is 2.09. The first-order chi connectivity index (χ1) is 6.68. The van der Waals surface area contributed by atoms with Gasteiger partial charge in [-0.05, 0) is 41.1 Å². The molecule has 0 aliphatic carbocycles. The summed E-state index contributed by atoms with van der Waals surface area (Å²) in [5, 5.41) is 0. The summed E-state index contributed by atoms with van der Waals surface area (Å²) in [5.41, 5.74) is 8.69. The highest BCUT2D eigenvalue weighted by molar-refractivity contribution is 9.10. The zero-order valence-electron chi connectivity index (χ0n) is 7.75. The van der Waals surface area contributed by atoms with E-state index in [1.54, 1.807) is 6.26 Å². The lowest BCUT2D eigenvalue weighted by molar-refractivity contribution is 0.581. The Balaban J connectivity index is 2.62. The van der Waals surface area contributed by atoms with E-state index in [4.69, 9.17) is 10.2 Å². The first kappa shape index (κ1) is 9.34. The van der Waals surface area contributed by atoms with Gasteiger partial charge >= 0.3 is 0 Å². The van der Waals surface area contributed by atoms with E-state index in [9.17, 15) is 0 Å². The van der Waals surface area contributed by atoms with Crippen LogP contribution in [-0.2, 0) is 0 Å². The van der Waals surface area contributed by atoms with Gasteiger partial charge in [-0.2, -0.15) is 0 Å². The largest absolute Gasteiger partial charge is 0.463 e. The fourth-order valence-corrected chi connectivity index (χ4v) is 1.77. The van der Waals surface area contributed by atoms with Crippen molar-refractivity contribution in [3.63, 3.8) is 0 Å². The Labute approximate surface area is 90.9 Å². The summed E-state index contributed by atoms with van der Waals surface area (Å²) in [6, 6.07) is 7.74. The topological polar surface area (TPSA) is 39.2 Å². The molecule has 0 bridgehead atoms. The molecule has 0 saturated heterocycles. The van der Waals surface area contributed by atoms with Crippen LogP contribution in [0.3, 0.4) is 0 Å². The average Bonchev–Trinajstić information content (AvgIpc) is 2.56. The predicted molar refractivity (Wildman–Crippen MR) is 61.0 cm³/mol. The second kappa shape index (κ2) is 3.50. The molecule has 72 valence electrons. The summed E-state index contributed by atoms with van der Waals surface area (Å²) >= 11 is 3.41. The van der Waals surface area contributed by atoms with E-state index < -0.39 is 0 Å². The van der Waals surface area contributed by atoms with Crippen molar-refractivity contribution in [3.8, 4) is 11.3 Å². The van der Waals surface area contributed by atoms with E-state index in [-0.39, 0.29) is 0 Å². The number of aryl methyl sites for hydroxylation is 1. The summed E-state index contributed by atoms with van der Waals surface area (Å²) < 4.78 is 6.29. The lowest BCUT2D eigenvalue weighted by atomic mass is 10.1. The summed E-state index contributed by atoms with van der Waals surface area (Å²) in [4.78, 5) is 0. The summed E-state index contributed by atoms with van der Waals surface area (Å²) in [6.45, 7) is 2.03. The van der Waals surface area contributed by atoms with Crippen LogP contribution in [0.1, 0.15) is 5.56 Å². The Morgan fingerprint density at radius 1 is 1.29 bits per heavy atom. The SMILES string of the molecule is Cc1ccc(N)c(-c2occc2Br)c1. The van der Waals surface area contributed by atoms with Gasteiger partial charge < -0.3 is 10.2 Å². The van der Waals surface area contributed by atoms with E-state index in [0.717, 1.165) is 27.0 Å². The van der Waals surface area contributed by atoms with Crippen molar-refractivity contribution in [2.45, 2.75) is 6.92 Å². The van der Waals surface area contributed by atoms with Crippen molar-refractivity contribution in [2.75, 3.05) is 5.73 Å². The van der Waals surface area contributed by atoms with Crippen molar-refractivity contribution in [1.29, 1.82) is 0 Å². The van der Waals surface area contributed by atoms with E-state index >= 15 is 0 Å². The Bertz CT molecular complexity index is 462. The number of hydrogen-bond acceptors (Lipinski definition) is 2. The predicted octanol–water partition coefficient (Wildman–Crippen LogP) is 3.60. The molecule has 2 nitrogen and oxygen atoms in total. The van der Waals surface area contributed by atoms with Gasteiger partial charge in [0.1, 0.15) is 5.76 Å². The van der Waals surface area contributed by atoms with Gasteiger partial charge in [-0.25, -0.2) is 0 Å². The molecule has 2 rings (SSSR count). The van der Waals surface area contributed by atoms with E-state index in [2.05, 4.69) is 15.9 Å². The van der Waals surface area contributed by atoms with Crippen molar-refractivity contribution >= 4 is 21.6 Å². The number of nitrogens with two attached hydrogens (primary N) is 1. The molecule has 0 spiro atoms. The number of benzene rings is 1. The fraction of sp³-hybridized carbons (Fsp3) is 0.0909. The molecule has 0 saturated carbocycles. The Morgan fingerprint density at radius 2 is 2.07 bits per heavy atom. The van der Waals surface area contributed by atoms with Crippen molar-refractivity contribution in [1.82, 2.24) is 0 Å². The third-order valence-corrected chi connectivity index (χ3v) is 2.70. The standard InChI is InChI=1S/C11H10BrNO/c1-7-2-3-10(13)8(6-7)11-9(12)4-5-14-11/h2-6H,13H2,1H3. The molecule has 1 heterocycles. The van der Waals surface area contributed by atoms with Gasteiger partial charge in [0.15, 0.2) is 0 Å². The molecule has 1 aromatic carbocycles. The van der Waals surface area contributed by atoms with Crippen LogP contribution in [0.2, 0.25) is 0 Å². The van der Waals surface area contributed by atoms with Crippen molar-refractivity contribution in [2.24, 2.45) is 0 Å². The molecule has 14 heavy (non-hydrogen) atoms. The first-order valence-electron chi connectivity index (χ1n) is 4.28. The van der Waals surface area contributed by atoms with Gasteiger partial charge in [0.2, 0.25) is 0 Å². The average molecular weight is 252 g/mol. The first-order valence-corrected chi connectivity index (χ1v) is 5.07. The molecular formula is C11H10BrNO. The van der Waals surface area contributed by atoms with Crippen LogP contribution in [0.5, 0.6) is 0 Å². The van der Waals surface area contributed by atoms with Crippen LogP contribution in [0.15, 0.2) is 39.4 Å². The van der Waals surface area contributed by atoms with Crippen LogP contribution in [0, 0.1) is 6.92 Å². The summed E-state index contributed by atoms with van der Waals surface area (Å²) in [7, 11) is 0. The van der Waals surface area contributed by atoms with Gasteiger partial charge in [-0.15, -0.1) is 0 Å². The van der Waals surface area contributed by atoms with E-state index in [1.165, 1.54) is 0 Å². The zero-order chi connectivity index (χ0) is 10.1. The second-order valence-corrected chi connectivity index (χ2v) is 4.04. The number of nitrogen functional groups attached to an aromatic ring is 1. The molecule has 3 heteroatoms. The van der Waals surface area contributed by atoms with Gasteiger partial charge in [0.05, 0.1) is 10.7 Å². The second-order valence-electron chi connectivity index (χ2n) is 3.19. The number of rotatable bonds is 1. The minimum absolute atomic E-state index is 0.728. The monoisotopic (exact) mass is 251 g/mol. The summed E-state index contributed by atoms with van der Waals surface area (Å²) in [6.07, 6.45) is 1.64. The molecule has 0 unspecified atom stereocenters. The van der Waals surface area contributed by atoms with Crippen LogP contribution in [0.4, 0.5) is 5.69 Å². The normalized spacial score (nSPS) is 10.4. The van der Waals surface area contributed by atoms with Gasteiger partial charge in [-0.1, -0.05) is 11.6 Å². The lowest BCUT2D eigenvalue weighted by Crippen LogP contribution is -1.89. The van der Waals surface area contributed by atoms with E-state index in [0.29, 0.717) is 0 Å². The van der Waals surface area contributed by atoms with Crippen molar-refractivity contribution in [3.05, 3.63) is 40.6 Å². The maximum absolute atomic E-state index is 5.87. The number of anilines is 1. The molecular weight excluding hydrogens is 242 g/mol. The van der Waals surface area contributed by atoms with Gasteiger partial charge in [-0.3, -0.25) is 0 Å². The minimum Gasteiger partial charge on any atom is -0.463 e. The van der Waals surface area contributed by atoms with Crippen molar-refractivity contribution < 1.29 is 4.42 Å². The Hall–Kier alpha value is -1.22. The molecule has 0 radical (unpaired) electrons. The summed E-state index contributed by atoms with van der Waals surface area (Å²) in [5.74, 6) is 0.784. The van der Waals surface area contributed by atoms with E-state index in [1.807, 2.05) is 31.2 Å². The number of halogens is 1. The quantitative estimate of drug-likeness (QED) is 0.787. The Morgan fingerprint density at radius 3 is 2.71 bits per heavy atom. The highest BCUT2D eigenvalue weighted by Crippen LogP contribution is 2.33. The number of furan rings is 1. The van der Waals surface area contributed by atoms with Gasteiger partial charge in [0, 0.05) is 11.3 Å². The molecule has 0 atom stereocenters. The zero-order valence-corrected chi connectivity index (χ0v) is 9.34. The highest BCUT2D eigenvalue weighted by atomic mass is 79.9. The van der Waals surface area contributed by atoms with Crippen LogP contribution in [-0.4, -0.2) is 0 Å². The smallest absolute Gasteiger partial charge is 0.150 e. The lowest BCUT2D eigenvalue weighted by Gasteiger charge is -2.04. The minimum atomic E-state index is 0.728. The van der Waals surface area contributed by atoms with Gasteiger partial charge in [0.25, 0.3) is 0 Å². The fourth-order valence-electron chi connectivity index (χ4n) is 1.35. The maximum Gasteiger partial charge on any atom is 0.150 e. The molecule has 0 aliphatic rings. The Kier molecular flexibility index (Phi) is 2.33. The van der Waals surface area contributed by atoms with Crippen LogP contribution in [0.25, 0.3) is 11.3 Å². The van der Waals surface area contributed by atoms with Crippen LogP contribution < -0.4 is 5.73 Å². The molecule has 2 aromatic rings. The molecule has 0 amide bonds. The third kappa shape index (κ3) is 1.55. The molecule has 2 N–H and O–H groups in total. The number of hydrogen-bond donors (Lipinski definition) is 1. The molecule has 1 aromatic heterocycles.